The summed E-state index contributed by atoms with van der Waals surface area (Å²) in [4.78, 5) is 1.99. The van der Waals surface area contributed by atoms with E-state index in [1.165, 1.54) is 0 Å². The van der Waals surface area contributed by atoms with Gasteiger partial charge in [-0.1, -0.05) is 5.10 Å². The van der Waals surface area contributed by atoms with Crippen LogP contribution in [0.4, 0.5) is 0 Å². The molecule has 0 atom stereocenters. The zero-order valence-corrected chi connectivity index (χ0v) is 11.6. The Hall–Kier alpha value is -1.32. The summed E-state index contributed by atoms with van der Waals surface area (Å²) in [6, 6.07) is 3.88. The number of hydrogen-bond donors (Lipinski definition) is 0. The number of thiocarbonyl (C=S) groups is 1. The first kappa shape index (κ1) is 13.7. The number of hydrogen-bond acceptors (Lipinski definition) is 7. The molecule has 0 fully saturated rings. The average Bonchev–Trinajstić information content (AvgIpc) is 2.82. The summed E-state index contributed by atoms with van der Waals surface area (Å²) in [5.74, 6) is 0. The van der Waals surface area contributed by atoms with Crippen molar-refractivity contribution in [2.24, 2.45) is 14.6 Å². The molecule has 0 amide bonds. The van der Waals surface area contributed by atoms with Crippen LogP contribution in [0.1, 0.15) is 23.6 Å². The molecule has 4 nitrogen and oxygen atoms in total. The highest BCUT2D eigenvalue weighted by molar-refractivity contribution is 8.02. The SMILES string of the molecule is C/C(=N\N=C=S)c1ccc(/C(C)=N/SC#N)s1. The first-order valence-corrected chi connectivity index (χ1v) is 6.50. The number of thiocyanates is 1. The molecule has 0 aliphatic carbocycles. The molecule has 0 aromatic carbocycles. The second-order valence-electron chi connectivity index (χ2n) is 2.90. The van der Waals surface area contributed by atoms with E-state index < -0.39 is 0 Å². The van der Waals surface area contributed by atoms with E-state index in [9.17, 15) is 0 Å². The minimum Gasteiger partial charge on any atom is -0.205 e. The van der Waals surface area contributed by atoms with Crippen LogP contribution in [0.15, 0.2) is 26.7 Å². The number of thiophene rings is 1. The number of rotatable bonds is 4. The van der Waals surface area contributed by atoms with Crippen LogP contribution < -0.4 is 0 Å². The summed E-state index contributed by atoms with van der Waals surface area (Å²) in [5.41, 5.74) is 1.60. The Morgan fingerprint density at radius 3 is 2.59 bits per heavy atom. The largest absolute Gasteiger partial charge is 0.205 e. The Morgan fingerprint density at radius 1 is 1.35 bits per heavy atom. The summed E-state index contributed by atoms with van der Waals surface area (Å²) in [7, 11) is 0. The Kier molecular flexibility index (Phi) is 5.73. The van der Waals surface area contributed by atoms with Crippen molar-refractivity contribution in [2.45, 2.75) is 13.8 Å². The minimum absolute atomic E-state index is 0.777. The number of isothiocyanates is 1. The van der Waals surface area contributed by atoms with E-state index in [0.717, 1.165) is 33.1 Å². The molecule has 17 heavy (non-hydrogen) atoms. The Labute approximate surface area is 113 Å². The maximum absolute atomic E-state index is 8.41. The molecule has 1 heterocycles. The molecule has 1 aromatic heterocycles. The highest BCUT2D eigenvalue weighted by Crippen LogP contribution is 2.19. The van der Waals surface area contributed by atoms with Gasteiger partial charge in [0.25, 0.3) is 0 Å². The highest BCUT2D eigenvalue weighted by Gasteiger charge is 2.05. The standard InChI is InChI=1S/C10H8N4S3/c1-7(13-12-6-15)9-3-4-10(17-9)8(2)14-16-5-11/h3-4H,1-2H3/b13-7+,14-8+. The maximum atomic E-state index is 8.41. The van der Waals surface area contributed by atoms with Crippen LogP contribution in [-0.4, -0.2) is 16.6 Å². The van der Waals surface area contributed by atoms with Gasteiger partial charge in [-0.05, 0) is 38.2 Å². The van der Waals surface area contributed by atoms with Gasteiger partial charge >= 0.3 is 0 Å². The van der Waals surface area contributed by atoms with Gasteiger partial charge in [0, 0.05) is 4.88 Å². The topological polar surface area (TPSA) is 60.9 Å². The molecule has 0 bridgehead atoms. The van der Waals surface area contributed by atoms with Crippen molar-refractivity contribution in [1.82, 2.24) is 0 Å². The molecule has 0 aliphatic rings. The van der Waals surface area contributed by atoms with E-state index in [4.69, 9.17) is 5.26 Å². The van der Waals surface area contributed by atoms with Crippen LogP contribution in [0.2, 0.25) is 0 Å². The summed E-state index contributed by atoms with van der Waals surface area (Å²) < 4.78 is 4.04. The Morgan fingerprint density at radius 2 is 2.00 bits per heavy atom. The van der Waals surface area contributed by atoms with Crippen LogP contribution in [-0.2, 0) is 0 Å². The molecular weight excluding hydrogens is 272 g/mol. The van der Waals surface area contributed by atoms with Gasteiger partial charge in [-0.3, -0.25) is 0 Å². The first-order chi connectivity index (χ1) is 8.19. The van der Waals surface area contributed by atoms with E-state index in [1.54, 1.807) is 11.3 Å². The fraction of sp³-hybridized carbons (Fsp3) is 0.200. The lowest BCUT2D eigenvalue weighted by molar-refractivity contribution is 1.25. The van der Waals surface area contributed by atoms with Gasteiger partial charge < -0.3 is 0 Å². The zero-order valence-electron chi connectivity index (χ0n) is 9.17. The van der Waals surface area contributed by atoms with Crippen LogP contribution in [0.25, 0.3) is 0 Å². The van der Waals surface area contributed by atoms with E-state index in [-0.39, 0.29) is 0 Å². The van der Waals surface area contributed by atoms with Crippen LogP contribution in [0.3, 0.4) is 0 Å². The molecule has 0 N–H and O–H groups in total. The molecule has 0 saturated heterocycles. The van der Waals surface area contributed by atoms with Gasteiger partial charge in [-0.25, -0.2) is 4.40 Å². The average molecular weight is 280 g/mol. The lowest BCUT2D eigenvalue weighted by atomic mass is 10.3. The maximum Gasteiger partial charge on any atom is 0.157 e. The van der Waals surface area contributed by atoms with E-state index in [0.29, 0.717) is 0 Å². The van der Waals surface area contributed by atoms with E-state index in [1.807, 2.05) is 31.4 Å². The quantitative estimate of drug-likeness (QED) is 0.279. The van der Waals surface area contributed by atoms with Crippen molar-refractivity contribution >= 4 is 52.1 Å². The van der Waals surface area contributed by atoms with Gasteiger partial charge in [0.2, 0.25) is 0 Å². The molecule has 0 unspecified atom stereocenters. The molecule has 0 spiro atoms. The normalized spacial score (nSPS) is 11.8. The monoisotopic (exact) mass is 280 g/mol. The third-order valence-corrected chi connectivity index (χ3v) is 3.61. The molecular formula is C10H8N4S3. The molecule has 0 aliphatic heterocycles. The van der Waals surface area contributed by atoms with Crippen LogP contribution >= 0.6 is 35.5 Å². The minimum atomic E-state index is 0.777. The lowest BCUT2D eigenvalue weighted by Gasteiger charge is -1.93. The fourth-order valence-electron chi connectivity index (χ4n) is 1.01. The fourth-order valence-corrected chi connectivity index (χ4v) is 2.27. The molecule has 1 rings (SSSR count). The summed E-state index contributed by atoms with van der Waals surface area (Å²) >= 11 is 6.86. The van der Waals surface area contributed by atoms with E-state index in [2.05, 4.69) is 32.0 Å². The predicted octanol–water partition coefficient (Wildman–Crippen LogP) is 3.51. The molecule has 86 valence electrons. The summed E-state index contributed by atoms with van der Waals surface area (Å²) in [6.45, 7) is 3.71. The second kappa shape index (κ2) is 7.09. The van der Waals surface area contributed by atoms with E-state index >= 15 is 0 Å². The third-order valence-electron chi connectivity index (χ3n) is 1.78. The smallest absolute Gasteiger partial charge is 0.157 e. The molecule has 0 saturated carbocycles. The summed E-state index contributed by atoms with van der Waals surface area (Å²) in [5, 5.41) is 19.9. The van der Waals surface area contributed by atoms with Crippen LogP contribution in [0, 0.1) is 10.7 Å². The highest BCUT2D eigenvalue weighted by atomic mass is 32.2. The number of nitriles is 1. The third kappa shape index (κ3) is 4.21. The van der Waals surface area contributed by atoms with Gasteiger partial charge in [-0.15, -0.1) is 16.4 Å². The van der Waals surface area contributed by atoms with Gasteiger partial charge in [0.1, 0.15) is 0 Å². The lowest BCUT2D eigenvalue weighted by Crippen LogP contribution is -1.89. The van der Waals surface area contributed by atoms with Gasteiger partial charge in [-0.2, -0.15) is 5.26 Å². The van der Waals surface area contributed by atoms with Crippen LogP contribution in [0.5, 0.6) is 0 Å². The zero-order chi connectivity index (χ0) is 12.7. The van der Waals surface area contributed by atoms with Gasteiger partial charge in [0.05, 0.1) is 33.4 Å². The molecule has 1 aromatic rings. The van der Waals surface area contributed by atoms with Crippen molar-refractivity contribution < 1.29 is 0 Å². The van der Waals surface area contributed by atoms with Crippen molar-refractivity contribution in [3.63, 3.8) is 0 Å². The molecule has 0 radical (unpaired) electrons. The first-order valence-electron chi connectivity index (χ1n) is 4.50. The van der Waals surface area contributed by atoms with Crippen molar-refractivity contribution in [1.29, 1.82) is 5.26 Å². The van der Waals surface area contributed by atoms with Crippen molar-refractivity contribution in [2.75, 3.05) is 0 Å². The Bertz CT molecular complexity index is 544. The Balaban J connectivity index is 2.93. The summed E-state index contributed by atoms with van der Waals surface area (Å²) in [6.07, 6.45) is 0. The molecule has 7 heteroatoms. The predicted molar refractivity (Wildman–Crippen MR) is 77.0 cm³/mol. The number of nitrogens with zero attached hydrogens (tertiary/aromatic N) is 4. The van der Waals surface area contributed by atoms with Crippen molar-refractivity contribution in [3.8, 4) is 5.40 Å². The van der Waals surface area contributed by atoms with Gasteiger partial charge in [0.15, 0.2) is 5.40 Å². The van der Waals surface area contributed by atoms with Crippen molar-refractivity contribution in [3.05, 3.63) is 21.9 Å². The second-order valence-corrected chi connectivity index (χ2v) is 4.71.